The van der Waals surface area contributed by atoms with E-state index in [9.17, 15) is 4.79 Å². The number of carbonyl (C=O) groups excluding carboxylic acids is 1. The van der Waals surface area contributed by atoms with Crippen molar-refractivity contribution in [3.8, 4) is 5.69 Å². The molecule has 0 aliphatic heterocycles. The van der Waals surface area contributed by atoms with Gasteiger partial charge in [-0.2, -0.15) is 5.10 Å². The van der Waals surface area contributed by atoms with E-state index in [2.05, 4.69) is 40.7 Å². The number of benzene rings is 2. The monoisotopic (exact) mass is 413 g/mol. The fraction of sp³-hybridized carbons (Fsp3) is 0.273. The van der Waals surface area contributed by atoms with E-state index in [1.807, 2.05) is 42.8 Å². The molecule has 4 nitrogen and oxygen atoms in total. The third-order valence-corrected chi connectivity index (χ3v) is 5.56. The Balaban J connectivity index is 1.39. The van der Waals surface area contributed by atoms with E-state index >= 15 is 0 Å². The lowest BCUT2D eigenvalue weighted by atomic mass is 10.1. The van der Waals surface area contributed by atoms with E-state index < -0.39 is 0 Å². The second-order valence-corrected chi connectivity index (χ2v) is 8.15. The first-order valence-electron chi connectivity index (χ1n) is 9.23. The van der Waals surface area contributed by atoms with Crippen molar-refractivity contribution < 1.29 is 4.79 Å². The van der Waals surface area contributed by atoms with Gasteiger partial charge in [0.1, 0.15) is 0 Å². The molecule has 0 bridgehead atoms. The Morgan fingerprint density at radius 1 is 1.11 bits per heavy atom. The zero-order chi connectivity index (χ0) is 19.9. The van der Waals surface area contributed by atoms with Gasteiger partial charge >= 0.3 is 0 Å². The predicted molar refractivity (Wildman–Crippen MR) is 117 cm³/mol. The Labute approximate surface area is 175 Å². The molecule has 3 aromatic rings. The smallest absolute Gasteiger partial charge is 0.230 e. The molecule has 0 saturated heterocycles. The van der Waals surface area contributed by atoms with E-state index in [1.165, 1.54) is 5.56 Å². The number of hydrogen-bond acceptors (Lipinski definition) is 3. The highest BCUT2D eigenvalue weighted by Crippen LogP contribution is 2.16. The molecule has 0 radical (unpaired) electrons. The maximum absolute atomic E-state index is 12.0. The van der Waals surface area contributed by atoms with Gasteiger partial charge in [-0.3, -0.25) is 4.79 Å². The van der Waals surface area contributed by atoms with Gasteiger partial charge in [0.25, 0.3) is 0 Å². The first-order chi connectivity index (χ1) is 13.5. The molecule has 1 N–H and O–H groups in total. The van der Waals surface area contributed by atoms with Gasteiger partial charge in [-0.15, -0.1) is 11.8 Å². The van der Waals surface area contributed by atoms with Gasteiger partial charge in [0, 0.05) is 23.0 Å². The summed E-state index contributed by atoms with van der Waals surface area (Å²) in [6.07, 6.45) is 0.808. The number of carbonyl (C=O) groups is 1. The summed E-state index contributed by atoms with van der Waals surface area (Å²) in [5.74, 6) is 1.29. The minimum Gasteiger partial charge on any atom is -0.355 e. The number of amides is 1. The number of thioether (sulfide) groups is 1. The fourth-order valence-electron chi connectivity index (χ4n) is 2.98. The average molecular weight is 414 g/mol. The summed E-state index contributed by atoms with van der Waals surface area (Å²) in [6.45, 7) is 4.68. The Kier molecular flexibility index (Phi) is 7.18. The van der Waals surface area contributed by atoms with Crippen LogP contribution in [-0.4, -0.2) is 28.0 Å². The second-order valence-electron chi connectivity index (χ2n) is 6.73. The Morgan fingerprint density at radius 2 is 1.89 bits per heavy atom. The summed E-state index contributed by atoms with van der Waals surface area (Å²) in [5, 5.41) is 8.21. The molecule has 28 heavy (non-hydrogen) atoms. The molecule has 2 aromatic carbocycles. The van der Waals surface area contributed by atoms with Crippen LogP contribution < -0.4 is 5.32 Å². The highest BCUT2D eigenvalue weighted by molar-refractivity contribution is 7.99. The topological polar surface area (TPSA) is 46.9 Å². The fourth-order valence-corrected chi connectivity index (χ4v) is 4.00. The summed E-state index contributed by atoms with van der Waals surface area (Å²) < 4.78 is 1.94. The van der Waals surface area contributed by atoms with Gasteiger partial charge in [0.2, 0.25) is 5.91 Å². The first-order valence-corrected chi connectivity index (χ1v) is 10.8. The zero-order valence-electron chi connectivity index (χ0n) is 16.1. The molecule has 0 atom stereocenters. The summed E-state index contributed by atoms with van der Waals surface area (Å²) >= 11 is 7.56. The summed E-state index contributed by atoms with van der Waals surface area (Å²) in [4.78, 5) is 12.0. The first kappa shape index (κ1) is 20.5. The van der Waals surface area contributed by atoms with Gasteiger partial charge < -0.3 is 5.32 Å². The molecule has 0 aliphatic rings. The standard InChI is InChI=1S/C22H24ClN3OS/c1-16-12-17(2)26(25-16)21-8-6-18(7-9-21)10-11-24-22(27)15-28-14-19-4-3-5-20(23)13-19/h3-9,12-13H,10-11,14-15H2,1-2H3,(H,24,27). The SMILES string of the molecule is Cc1cc(C)n(-c2ccc(CCNC(=O)CSCc3cccc(Cl)c3)cc2)n1. The highest BCUT2D eigenvalue weighted by atomic mass is 35.5. The quantitative estimate of drug-likeness (QED) is 0.580. The average Bonchev–Trinajstić information content (AvgIpc) is 3.00. The van der Waals surface area contributed by atoms with Crippen LogP contribution >= 0.6 is 23.4 Å². The number of halogens is 1. The van der Waals surface area contributed by atoms with Crippen LogP contribution in [0.3, 0.4) is 0 Å². The summed E-state index contributed by atoms with van der Waals surface area (Å²) in [7, 11) is 0. The molecule has 0 saturated carbocycles. The minimum absolute atomic E-state index is 0.0614. The third-order valence-electron chi connectivity index (χ3n) is 4.32. The van der Waals surface area contributed by atoms with Gasteiger partial charge in [0.05, 0.1) is 17.1 Å². The van der Waals surface area contributed by atoms with Gasteiger partial charge in [0.15, 0.2) is 0 Å². The molecule has 3 rings (SSSR count). The number of aromatic nitrogens is 2. The van der Waals surface area contributed by atoms with Crippen molar-refractivity contribution in [1.29, 1.82) is 0 Å². The summed E-state index contributed by atoms with van der Waals surface area (Å²) in [5.41, 5.74) is 5.51. The van der Waals surface area contributed by atoms with Crippen LogP contribution in [-0.2, 0) is 17.0 Å². The van der Waals surface area contributed by atoms with Gasteiger partial charge in [-0.05, 0) is 61.7 Å². The molecule has 0 spiro atoms. The molecule has 0 unspecified atom stereocenters. The Bertz CT molecular complexity index is 937. The number of aryl methyl sites for hydroxylation is 2. The molecule has 1 aromatic heterocycles. The lowest BCUT2D eigenvalue weighted by molar-refractivity contribution is -0.118. The van der Waals surface area contributed by atoms with Gasteiger partial charge in [-0.25, -0.2) is 4.68 Å². The molecule has 1 heterocycles. The number of nitrogens with zero attached hydrogens (tertiary/aromatic N) is 2. The van der Waals surface area contributed by atoms with E-state index in [4.69, 9.17) is 11.6 Å². The van der Waals surface area contributed by atoms with Crippen molar-refractivity contribution in [3.05, 3.63) is 82.1 Å². The van der Waals surface area contributed by atoms with Crippen molar-refractivity contribution in [2.24, 2.45) is 0 Å². The van der Waals surface area contributed by atoms with Crippen LogP contribution in [0.4, 0.5) is 0 Å². The van der Waals surface area contributed by atoms with E-state index in [-0.39, 0.29) is 5.91 Å². The van der Waals surface area contributed by atoms with Crippen molar-refractivity contribution in [2.45, 2.75) is 26.0 Å². The van der Waals surface area contributed by atoms with Crippen molar-refractivity contribution in [2.75, 3.05) is 12.3 Å². The van der Waals surface area contributed by atoms with Crippen molar-refractivity contribution in [1.82, 2.24) is 15.1 Å². The number of nitrogens with one attached hydrogen (secondary N) is 1. The molecule has 0 aliphatic carbocycles. The van der Waals surface area contributed by atoms with Crippen LogP contribution in [0.25, 0.3) is 5.69 Å². The van der Waals surface area contributed by atoms with Crippen LogP contribution in [0.2, 0.25) is 5.02 Å². The second kappa shape index (κ2) is 9.80. The van der Waals surface area contributed by atoms with E-state index in [0.717, 1.165) is 39.8 Å². The Morgan fingerprint density at radius 3 is 2.57 bits per heavy atom. The van der Waals surface area contributed by atoms with Crippen LogP contribution in [0.1, 0.15) is 22.5 Å². The van der Waals surface area contributed by atoms with Crippen LogP contribution in [0, 0.1) is 13.8 Å². The maximum Gasteiger partial charge on any atom is 0.230 e. The van der Waals surface area contributed by atoms with E-state index in [1.54, 1.807) is 11.8 Å². The lowest BCUT2D eigenvalue weighted by Crippen LogP contribution is -2.27. The molecular weight excluding hydrogens is 390 g/mol. The molecule has 1 amide bonds. The molecule has 6 heteroatoms. The van der Waals surface area contributed by atoms with Crippen LogP contribution in [0.15, 0.2) is 54.6 Å². The molecule has 146 valence electrons. The number of rotatable bonds is 8. The van der Waals surface area contributed by atoms with E-state index in [0.29, 0.717) is 12.3 Å². The largest absolute Gasteiger partial charge is 0.355 e. The summed E-state index contributed by atoms with van der Waals surface area (Å²) in [6, 6.07) is 18.1. The highest BCUT2D eigenvalue weighted by Gasteiger charge is 2.05. The zero-order valence-corrected chi connectivity index (χ0v) is 17.7. The Hall–Kier alpha value is -2.24. The van der Waals surface area contributed by atoms with Gasteiger partial charge in [-0.1, -0.05) is 35.9 Å². The minimum atomic E-state index is 0.0614. The maximum atomic E-state index is 12.0. The lowest BCUT2D eigenvalue weighted by Gasteiger charge is -2.08. The predicted octanol–water partition coefficient (Wildman–Crippen LogP) is 4.73. The van der Waals surface area contributed by atoms with Crippen LogP contribution in [0.5, 0.6) is 0 Å². The molecular formula is C22H24ClN3OS. The van der Waals surface area contributed by atoms with Crippen molar-refractivity contribution in [3.63, 3.8) is 0 Å². The molecule has 0 fully saturated rings. The third kappa shape index (κ3) is 5.88. The van der Waals surface area contributed by atoms with Crippen molar-refractivity contribution >= 4 is 29.3 Å². The normalized spacial score (nSPS) is 10.8. The number of hydrogen-bond donors (Lipinski definition) is 1.